The van der Waals surface area contributed by atoms with Gasteiger partial charge in [-0.15, -0.1) is 0 Å². The zero-order valence-corrected chi connectivity index (χ0v) is 20.6. The second-order valence-corrected chi connectivity index (χ2v) is 9.04. The molecule has 3 heterocycles. The van der Waals surface area contributed by atoms with E-state index in [9.17, 15) is 13.2 Å². The van der Waals surface area contributed by atoms with Crippen molar-refractivity contribution in [1.29, 1.82) is 0 Å². The number of benzene rings is 1. The molecule has 5 nitrogen and oxygen atoms in total. The standard InChI is InChI=1S/C24H20Cl2F4N4O/c1-11(2)35-21-15(12(3)23-33-13(4)20-22(26)31-7-8-34(20)23)9-16(25)19(27)18(21)14-5-6-17(32-10-14)24(28,29)30/h5-12H,1-4H3/t12-/m0/s1. The minimum atomic E-state index is -4.63. The van der Waals surface area contributed by atoms with Crippen molar-refractivity contribution in [1.82, 2.24) is 19.4 Å². The number of nitrogens with zero attached hydrogens (tertiary/aromatic N) is 4. The van der Waals surface area contributed by atoms with Gasteiger partial charge in [0.2, 0.25) is 0 Å². The summed E-state index contributed by atoms with van der Waals surface area (Å²) in [6, 6.07) is 3.38. The molecule has 35 heavy (non-hydrogen) atoms. The van der Waals surface area contributed by atoms with Gasteiger partial charge in [0, 0.05) is 35.6 Å². The number of aromatic nitrogens is 4. The molecule has 0 fully saturated rings. The monoisotopic (exact) mass is 526 g/mol. The highest BCUT2D eigenvalue weighted by Gasteiger charge is 2.33. The summed E-state index contributed by atoms with van der Waals surface area (Å²) in [5, 5.41) is 0.0680. The normalized spacial score (nSPS) is 13.0. The summed E-state index contributed by atoms with van der Waals surface area (Å²) < 4.78 is 62.3. The highest BCUT2D eigenvalue weighted by molar-refractivity contribution is 6.32. The van der Waals surface area contributed by atoms with E-state index in [0.717, 1.165) is 18.3 Å². The maximum absolute atomic E-state index is 15.4. The van der Waals surface area contributed by atoms with Gasteiger partial charge in [-0.25, -0.2) is 14.4 Å². The van der Waals surface area contributed by atoms with Crippen molar-refractivity contribution in [2.45, 2.75) is 45.9 Å². The summed E-state index contributed by atoms with van der Waals surface area (Å²) in [5.41, 5.74) is 0.706. The van der Waals surface area contributed by atoms with Gasteiger partial charge >= 0.3 is 6.18 Å². The molecule has 0 amide bonds. The zero-order valence-electron chi connectivity index (χ0n) is 19.1. The number of rotatable bonds is 5. The minimum Gasteiger partial charge on any atom is -0.490 e. The van der Waals surface area contributed by atoms with Crippen LogP contribution in [0.3, 0.4) is 0 Å². The average Bonchev–Trinajstić information content (AvgIpc) is 3.13. The fourth-order valence-corrected chi connectivity index (χ4v) is 4.41. The topological polar surface area (TPSA) is 52.3 Å². The summed E-state index contributed by atoms with van der Waals surface area (Å²) in [7, 11) is 0. The van der Waals surface area contributed by atoms with Crippen LogP contribution in [0.2, 0.25) is 10.2 Å². The zero-order chi connectivity index (χ0) is 25.7. The van der Waals surface area contributed by atoms with Gasteiger partial charge in [0.15, 0.2) is 11.0 Å². The first-order valence-corrected chi connectivity index (χ1v) is 11.4. The Bertz CT molecular complexity index is 1400. The minimum absolute atomic E-state index is 0.0773. The smallest absolute Gasteiger partial charge is 0.433 e. The average molecular weight is 527 g/mol. The van der Waals surface area contributed by atoms with Crippen LogP contribution in [0.5, 0.6) is 5.75 Å². The molecule has 3 aromatic heterocycles. The number of hydrogen-bond donors (Lipinski definition) is 0. The molecule has 4 aromatic rings. The largest absolute Gasteiger partial charge is 0.490 e. The third kappa shape index (κ3) is 4.67. The molecule has 0 unspecified atom stereocenters. The van der Waals surface area contributed by atoms with E-state index >= 15 is 4.39 Å². The van der Waals surface area contributed by atoms with Crippen LogP contribution >= 0.6 is 23.2 Å². The van der Waals surface area contributed by atoms with Crippen LogP contribution in [0.15, 0.2) is 36.8 Å². The molecule has 184 valence electrons. The van der Waals surface area contributed by atoms with Crippen LogP contribution in [-0.4, -0.2) is 25.5 Å². The lowest BCUT2D eigenvalue weighted by Gasteiger charge is -2.23. The van der Waals surface area contributed by atoms with E-state index in [1.54, 1.807) is 31.4 Å². The number of ether oxygens (including phenoxy) is 1. The summed E-state index contributed by atoms with van der Waals surface area (Å²) >= 11 is 12.5. The highest BCUT2D eigenvalue weighted by Crippen LogP contribution is 2.44. The van der Waals surface area contributed by atoms with Gasteiger partial charge < -0.3 is 4.74 Å². The van der Waals surface area contributed by atoms with Crippen LogP contribution in [0, 0.1) is 12.7 Å². The van der Waals surface area contributed by atoms with Crippen molar-refractivity contribution >= 4 is 28.7 Å². The quantitative estimate of drug-likeness (QED) is 0.252. The molecular weight excluding hydrogens is 507 g/mol. The molecule has 11 heteroatoms. The molecule has 1 atom stereocenters. The molecule has 0 aliphatic rings. The second-order valence-electron chi connectivity index (χ2n) is 8.28. The summed E-state index contributed by atoms with van der Waals surface area (Å²) in [4.78, 5) is 12.2. The molecule has 0 aliphatic carbocycles. The molecule has 0 radical (unpaired) electrons. The lowest BCUT2D eigenvalue weighted by Crippen LogP contribution is -2.13. The predicted molar refractivity (Wildman–Crippen MR) is 126 cm³/mol. The number of alkyl halides is 3. The third-order valence-corrected chi connectivity index (χ3v) is 6.01. The molecule has 0 bridgehead atoms. The maximum Gasteiger partial charge on any atom is 0.433 e. The van der Waals surface area contributed by atoms with E-state index in [1.807, 2.05) is 6.92 Å². The van der Waals surface area contributed by atoms with Gasteiger partial charge in [0.05, 0.1) is 22.4 Å². The maximum atomic E-state index is 15.4. The molecule has 0 N–H and O–H groups in total. The van der Waals surface area contributed by atoms with Crippen LogP contribution in [0.25, 0.3) is 16.6 Å². The highest BCUT2D eigenvalue weighted by atomic mass is 35.5. The second kappa shape index (κ2) is 9.28. The van der Waals surface area contributed by atoms with Crippen molar-refractivity contribution < 1.29 is 22.3 Å². The summed E-state index contributed by atoms with van der Waals surface area (Å²) in [6.07, 6.45) is -0.797. The Labute approximate surface area is 208 Å². The van der Waals surface area contributed by atoms with Gasteiger partial charge in [-0.2, -0.15) is 13.2 Å². The Balaban J connectivity index is 1.95. The Morgan fingerprint density at radius 2 is 1.80 bits per heavy atom. The van der Waals surface area contributed by atoms with E-state index in [2.05, 4.69) is 15.0 Å². The number of halogens is 6. The molecule has 0 aliphatic heterocycles. The number of aryl methyl sites for hydroxylation is 1. The van der Waals surface area contributed by atoms with Crippen molar-refractivity contribution in [3.63, 3.8) is 0 Å². The Morgan fingerprint density at radius 1 is 1.09 bits per heavy atom. The van der Waals surface area contributed by atoms with Crippen molar-refractivity contribution in [3.05, 3.63) is 75.6 Å². The van der Waals surface area contributed by atoms with Crippen molar-refractivity contribution in [2.75, 3.05) is 0 Å². The number of hydrogen-bond acceptors (Lipinski definition) is 4. The molecule has 0 saturated heterocycles. The summed E-state index contributed by atoms with van der Waals surface area (Å²) in [5.74, 6) is -0.570. The first kappa shape index (κ1) is 25.2. The predicted octanol–water partition coefficient (Wildman–Crippen LogP) is 7.50. The molecule has 0 saturated carbocycles. The Hall–Kier alpha value is -2.91. The van der Waals surface area contributed by atoms with Crippen LogP contribution in [0.1, 0.15) is 49.5 Å². The van der Waals surface area contributed by atoms with Gasteiger partial charge in [0.25, 0.3) is 0 Å². The Kier molecular flexibility index (Phi) is 6.68. The fourth-order valence-electron chi connectivity index (χ4n) is 3.92. The number of fused-ring (bicyclic) bond motifs is 1. The first-order chi connectivity index (χ1) is 16.4. The Morgan fingerprint density at radius 3 is 2.40 bits per heavy atom. The first-order valence-electron chi connectivity index (χ1n) is 10.6. The molecule has 0 spiro atoms. The van der Waals surface area contributed by atoms with Gasteiger partial charge in [-0.3, -0.25) is 9.38 Å². The van der Waals surface area contributed by atoms with Gasteiger partial charge in [0.1, 0.15) is 22.8 Å². The number of pyridine rings is 1. The van der Waals surface area contributed by atoms with Crippen LogP contribution < -0.4 is 4.74 Å². The van der Waals surface area contributed by atoms with Crippen LogP contribution in [0.4, 0.5) is 17.6 Å². The lowest BCUT2D eigenvalue weighted by molar-refractivity contribution is -0.141. The van der Waals surface area contributed by atoms with E-state index in [1.165, 1.54) is 12.3 Å². The van der Waals surface area contributed by atoms with Crippen LogP contribution in [-0.2, 0) is 6.18 Å². The SMILES string of the molecule is Cc1nc([C@@H](C)c2cc(Cl)c(F)c(-c3ccc(C(F)(F)F)nc3)c2OC(C)C)n2ccnc(Cl)c12. The molecule has 4 rings (SSSR count). The van der Waals surface area contributed by atoms with Gasteiger partial charge in [-0.1, -0.05) is 36.2 Å². The van der Waals surface area contributed by atoms with Crippen molar-refractivity contribution in [3.8, 4) is 16.9 Å². The van der Waals surface area contributed by atoms with E-state index in [4.69, 9.17) is 27.9 Å². The fraction of sp³-hybridized carbons (Fsp3) is 0.292. The summed E-state index contributed by atoms with van der Waals surface area (Å²) in [6.45, 7) is 7.15. The lowest BCUT2D eigenvalue weighted by atomic mass is 9.93. The molecular formula is C24H20Cl2F4N4O. The molecule has 1 aromatic carbocycles. The van der Waals surface area contributed by atoms with E-state index in [-0.39, 0.29) is 33.2 Å². The number of imidazole rings is 1. The third-order valence-electron chi connectivity index (χ3n) is 5.46. The van der Waals surface area contributed by atoms with Crippen molar-refractivity contribution in [2.24, 2.45) is 0 Å². The van der Waals surface area contributed by atoms with E-state index in [0.29, 0.717) is 22.6 Å². The van der Waals surface area contributed by atoms with Gasteiger partial charge in [-0.05, 0) is 32.9 Å². The van der Waals surface area contributed by atoms with E-state index < -0.39 is 23.6 Å².